The molecule has 0 bridgehead atoms. The van der Waals surface area contributed by atoms with Crippen LogP contribution in [0.1, 0.15) is 26.7 Å². The lowest BCUT2D eigenvalue weighted by Crippen LogP contribution is -2.43. The van der Waals surface area contributed by atoms with Crippen molar-refractivity contribution in [3.8, 4) is 0 Å². The van der Waals surface area contributed by atoms with Gasteiger partial charge < -0.3 is 5.32 Å². The number of carbonyl (C=O) groups is 2. The van der Waals surface area contributed by atoms with Crippen molar-refractivity contribution in [3.05, 3.63) is 30.3 Å². The maximum absolute atomic E-state index is 11.7. The molecule has 1 aromatic rings. The zero-order valence-corrected chi connectivity index (χ0v) is 12.3. The lowest BCUT2D eigenvalue weighted by Gasteiger charge is -2.23. The monoisotopic (exact) mass is 277 g/mol. The zero-order chi connectivity index (χ0) is 15.0. The van der Waals surface area contributed by atoms with Crippen molar-refractivity contribution in [3.63, 3.8) is 0 Å². The Morgan fingerprint density at radius 1 is 1.25 bits per heavy atom. The zero-order valence-electron chi connectivity index (χ0n) is 12.3. The molecule has 5 heteroatoms. The summed E-state index contributed by atoms with van der Waals surface area (Å²) in [4.78, 5) is 25.3. The van der Waals surface area contributed by atoms with E-state index in [0.29, 0.717) is 11.7 Å². The number of imide groups is 1. The number of para-hydroxylation sites is 1. The Balaban J connectivity index is 2.36. The van der Waals surface area contributed by atoms with Crippen molar-refractivity contribution in [1.29, 1.82) is 0 Å². The van der Waals surface area contributed by atoms with Gasteiger partial charge in [0, 0.05) is 11.7 Å². The van der Waals surface area contributed by atoms with E-state index in [2.05, 4.69) is 24.5 Å². The molecule has 0 heterocycles. The molecule has 20 heavy (non-hydrogen) atoms. The fourth-order valence-corrected chi connectivity index (χ4v) is 1.87. The number of nitrogens with one attached hydrogen (secondary N) is 2. The normalized spacial score (nSPS) is 12.0. The SMILES string of the molecule is CCCC(C)N(C)CC(=O)NC(=O)Nc1ccccc1. The van der Waals surface area contributed by atoms with Gasteiger partial charge in [-0.15, -0.1) is 0 Å². The molecule has 0 spiro atoms. The van der Waals surface area contributed by atoms with E-state index in [9.17, 15) is 9.59 Å². The van der Waals surface area contributed by atoms with Crippen LogP contribution in [-0.2, 0) is 4.79 Å². The number of benzene rings is 1. The molecule has 1 rings (SSSR count). The van der Waals surface area contributed by atoms with Gasteiger partial charge in [0.25, 0.3) is 0 Å². The van der Waals surface area contributed by atoms with Crippen LogP contribution in [-0.4, -0.2) is 36.5 Å². The molecule has 0 aromatic heterocycles. The van der Waals surface area contributed by atoms with Gasteiger partial charge in [0.05, 0.1) is 6.54 Å². The van der Waals surface area contributed by atoms with Gasteiger partial charge in [-0.2, -0.15) is 0 Å². The molecular weight excluding hydrogens is 254 g/mol. The van der Waals surface area contributed by atoms with Gasteiger partial charge in [0.2, 0.25) is 5.91 Å². The number of amides is 3. The first-order chi connectivity index (χ1) is 9.52. The van der Waals surface area contributed by atoms with E-state index < -0.39 is 6.03 Å². The Kier molecular flexibility index (Phi) is 6.73. The highest BCUT2D eigenvalue weighted by molar-refractivity contribution is 6.01. The summed E-state index contributed by atoms with van der Waals surface area (Å²) in [5.41, 5.74) is 0.658. The Morgan fingerprint density at radius 2 is 1.90 bits per heavy atom. The summed E-state index contributed by atoms with van der Waals surface area (Å²) in [6.45, 7) is 4.39. The highest BCUT2D eigenvalue weighted by Gasteiger charge is 2.14. The summed E-state index contributed by atoms with van der Waals surface area (Å²) in [5, 5.41) is 4.94. The maximum Gasteiger partial charge on any atom is 0.325 e. The fourth-order valence-electron chi connectivity index (χ4n) is 1.87. The molecule has 0 aliphatic rings. The highest BCUT2D eigenvalue weighted by Crippen LogP contribution is 2.05. The third kappa shape index (κ3) is 5.84. The molecule has 110 valence electrons. The minimum atomic E-state index is -0.502. The lowest BCUT2D eigenvalue weighted by molar-refractivity contribution is -0.121. The molecule has 1 unspecified atom stereocenters. The first-order valence-corrected chi connectivity index (χ1v) is 6.89. The minimum Gasteiger partial charge on any atom is -0.308 e. The summed E-state index contributed by atoms with van der Waals surface area (Å²) in [6, 6.07) is 8.84. The molecule has 0 aliphatic carbocycles. The average Bonchev–Trinajstić information content (AvgIpc) is 2.39. The highest BCUT2D eigenvalue weighted by atomic mass is 16.2. The van der Waals surface area contributed by atoms with E-state index in [1.54, 1.807) is 12.1 Å². The van der Waals surface area contributed by atoms with Gasteiger partial charge in [0.15, 0.2) is 0 Å². The van der Waals surface area contributed by atoms with Crippen molar-refractivity contribution < 1.29 is 9.59 Å². The first kappa shape index (κ1) is 16.2. The third-order valence-electron chi connectivity index (χ3n) is 3.14. The summed E-state index contributed by atoms with van der Waals surface area (Å²) in [5.74, 6) is -0.302. The molecule has 2 N–H and O–H groups in total. The van der Waals surface area contributed by atoms with Crippen molar-refractivity contribution in [2.75, 3.05) is 18.9 Å². The number of nitrogens with zero attached hydrogens (tertiary/aromatic N) is 1. The number of hydrogen-bond donors (Lipinski definition) is 2. The predicted molar refractivity (Wildman–Crippen MR) is 80.6 cm³/mol. The van der Waals surface area contributed by atoms with Crippen molar-refractivity contribution in [2.24, 2.45) is 0 Å². The number of hydrogen-bond acceptors (Lipinski definition) is 3. The second kappa shape index (κ2) is 8.32. The van der Waals surface area contributed by atoms with E-state index in [1.165, 1.54) is 0 Å². The van der Waals surface area contributed by atoms with E-state index in [4.69, 9.17) is 0 Å². The molecule has 0 aliphatic heterocycles. The summed E-state index contributed by atoms with van der Waals surface area (Å²) in [7, 11) is 1.88. The van der Waals surface area contributed by atoms with E-state index in [1.807, 2.05) is 30.1 Å². The maximum atomic E-state index is 11.7. The quantitative estimate of drug-likeness (QED) is 0.839. The van der Waals surface area contributed by atoms with Gasteiger partial charge in [-0.05, 0) is 32.5 Å². The second-order valence-corrected chi connectivity index (χ2v) is 4.92. The smallest absolute Gasteiger partial charge is 0.308 e. The van der Waals surface area contributed by atoms with Crippen LogP contribution < -0.4 is 10.6 Å². The first-order valence-electron chi connectivity index (χ1n) is 6.89. The van der Waals surface area contributed by atoms with E-state index in [0.717, 1.165) is 12.8 Å². The van der Waals surface area contributed by atoms with Gasteiger partial charge >= 0.3 is 6.03 Å². The van der Waals surface area contributed by atoms with Crippen LogP contribution in [0.3, 0.4) is 0 Å². The Morgan fingerprint density at radius 3 is 2.50 bits per heavy atom. The molecule has 0 saturated carbocycles. The lowest BCUT2D eigenvalue weighted by atomic mass is 10.2. The molecule has 1 atom stereocenters. The number of rotatable bonds is 6. The van der Waals surface area contributed by atoms with Crippen LogP contribution in [0.5, 0.6) is 0 Å². The molecule has 1 aromatic carbocycles. The Hall–Kier alpha value is -1.88. The topological polar surface area (TPSA) is 61.4 Å². The van der Waals surface area contributed by atoms with Crippen LogP contribution in [0.15, 0.2) is 30.3 Å². The second-order valence-electron chi connectivity index (χ2n) is 4.92. The number of anilines is 1. The number of urea groups is 1. The number of carbonyl (C=O) groups excluding carboxylic acids is 2. The van der Waals surface area contributed by atoms with E-state index in [-0.39, 0.29) is 12.5 Å². The average molecular weight is 277 g/mol. The molecule has 0 radical (unpaired) electrons. The van der Waals surface area contributed by atoms with E-state index >= 15 is 0 Å². The number of likely N-dealkylation sites (N-methyl/N-ethyl adjacent to an activating group) is 1. The molecule has 0 fully saturated rings. The van der Waals surface area contributed by atoms with Crippen LogP contribution in [0.25, 0.3) is 0 Å². The van der Waals surface area contributed by atoms with Gasteiger partial charge in [-0.25, -0.2) is 4.79 Å². The Bertz CT molecular complexity index is 434. The Labute approximate surface area is 120 Å². The van der Waals surface area contributed by atoms with Crippen molar-refractivity contribution in [1.82, 2.24) is 10.2 Å². The summed E-state index contributed by atoms with van der Waals surface area (Å²) in [6.07, 6.45) is 2.10. The molecule has 5 nitrogen and oxygen atoms in total. The van der Waals surface area contributed by atoms with Gasteiger partial charge in [0.1, 0.15) is 0 Å². The van der Waals surface area contributed by atoms with Crippen molar-refractivity contribution >= 4 is 17.6 Å². The predicted octanol–water partition coefficient (Wildman–Crippen LogP) is 2.46. The van der Waals surface area contributed by atoms with Crippen molar-refractivity contribution in [2.45, 2.75) is 32.7 Å². The molecule has 3 amide bonds. The largest absolute Gasteiger partial charge is 0.325 e. The van der Waals surface area contributed by atoms with Crippen LogP contribution in [0.4, 0.5) is 10.5 Å². The van der Waals surface area contributed by atoms with Gasteiger partial charge in [-0.1, -0.05) is 31.5 Å². The van der Waals surface area contributed by atoms with Crippen LogP contribution in [0.2, 0.25) is 0 Å². The fraction of sp³-hybridized carbons (Fsp3) is 0.467. The third-order valence-corrected chi connectivity index (χ3v) is 3.14. The minimum absolute atomic E-state index is 0.212. The van der Waals surface area contributed by atoms with Crippen LogP contribution >= 0.6 is 0 Å². The van der Waals surface area contributed by atoms with Crippen LogP contribution in [0, 0.1) is 0 Å². The summed E-state index contributed by atoms with van der Waals surface area (Å²) >= 11 is 0. The van der Waals surface area contributed by atoms with Gasteiger partial charge in [-0.3, -0.25) is 15.0 Å². The summed E-state index contributed by atoms with van der Waals surface area (Å²) < 4.78 is 0. The molecular formula is C15H23N3O2. The standard InChI is InChI=1S/C15H23N3O2/c1-4-8-12(2)18(3)11-14(19)17-15(20)16-13-9-6-5-7-10-13/h5-7,9-10,12H,4,8,11H2,1-3H3,(H2,16,17,19,20). The molecule has 0 saturated heterocycles.